The fourth-order valence-corrected chi connectivity index (χ4v) is 2.24. The van der Waals surface area contributed by atoms with Crippen LogP contribution >= 0.6 is 11.6 Å². The Morgan fingerprint density at radius 1 is 1.12 bits per heavy atom. The first-order chi connectivity index (χ1) is 11.9. The van der Waals surface area contributed by atoms with Gasteiger partial charge in [-0.1, -0.05) is 11.6 Å². The third-order valence-electron chi connectivity index (χ3n) is 3.29. The van der Waals surface area contributed by atoms with Crippen LogP contribution in [-0.4, -0.2) is 25.5 Å². The van der Waals surface area contributed by atoms with Gasteiger partial charge < -0.3 is 20.1 Å². The average Bonchev–Trinajstić information content (AvgIpc) is 2.56. The van der Waals surface area contributed by atoms with Crippen LogP contribution in [0.25, 0.3) is 0 Å². The van der Waals surface area contributed by atoms with Crippen molar-refractivity contribution in [2.75, 3.05) is 24.4 Å². The monoisotopic (exact) mass is 362 g/mol. The summed E-state index contributed by atoms with van der Waals surface area (Å²) in [4.78, 5) is 23.3. The third kappa shape index (κ3) is 5.39. The summed E-state index contributed by atoms with van der Waals surface area (Å²) in [5, 5.41) is 5.99. The van der Waals surface area contributed by atoms with Crippen molar-refractivity contribution < 1.29 is 19.1 Å². The second-order valence-corrected chi connectivity index (χ2v) is 5.75. The van der Waals surface area contributed by atoms with Gasteiger partial charge in [0.25, 0.3) is 5.91 Å². The van der Waals surface area contributed by atoms with Crippen LogP contribution < -0.4 is 20.1 Å². The number of aryl methyl sites for hydroxylation is 1. The smallest absolute Gasteiger partial charge is 0.262 e. The molecule has 2 rings (SSSR count). The number of rotatable bonds is 6. The average molecular weight is 363 g/mol. The Hall–Kier alpha value is -2.73. The zero-order valence-electron chi connectivity index (χ0n) is 14.2. The lowest BCUT2D eigenvalue weighted by molar-refractivity contribution is -0.118. The summed E-state index contributed by atoms with van der Waals surface area (Å²) in [6.45, 7) is 3.10. The van der Waals surface area contributed by atoms with Crippen LogP contribution in [0.15, 0.2) is 36.4 Å². The maximum Gasteiger partial charge on any atom is 0.262 e. The number of halogens is 1. The molecule has 132 valence electrons. The van der Waals surface area contributed by atoms with Crippen molar-refractivity contribution in [1.82, 2.24) is 0 Å². The lowest BCUT2D eigenvalue weighted by Gasteiger charge is -2.12. The topological polar surface area (TPSA) is 76.7 Å². The Morgan fingerprint density at radius 2 is 1.88 bits per heavy atom. The second-order valence-electron chi connectivity index (χ2n) is 5.34. The first kappa shape index (κ1) is 18.6. The lowest BCUT2D eigenvalue weighted by atomic mass is 10.2. The SMILES string of the molecule is COc1ccc(NC(=O)COc2ccc(Cl)c(C)c2)cc1NC(C)=O. The molecule has 0 heterocycles. The minimum absolute atomic E-state index is 0.150. The number of ether oxygens (including phenoxy) is 2. The van der Waals surface area contributed by atoms with Gasteiger partial charge in [0.15, 0.2) is 6.61 Å². The standard InChI is InChI=1S/C18H19ClN2O4/c1-11-8-14(5-6-15(11)19)25-10-18(23)21-13-4-7-17(24-3)16(9-13)20-12(2)22/h4-9H,10H2,1-3H3,(H,20,22)(H,21,23). The van der Waals surface area contributed by atoms with Crippen LogP contribution in [0, 0.1) is 6.92 Å². The summed E-state index contributed by atoms with van der Waals surface area (Å²) in [6, 6.07) is 10.1. The zero-order valence-corrected chi connectivity index (χ0v) is 14.9. The molecule has 2 aromatic rings. The van der Waals surface area contributed by atoms with Crippen molar-refractivity contribution in [2.45, 2.75) is 13.8 Å². The number of hydrogen-bond donors (Lipinski definition) is 2. The van der Waals surface area contributed by atoms with Gasteiger partial charge in [-0.05, 0) is 48.9 Å². The molecule has 0 aliphatic rings. The van der Waals surface area contributed by atoms with Gasteiger partial charge in [-0.25, -0.2) is 0 Å². The molecule has 2 amide bonds. The normalized spacial score (nSPS) is 10.1. The van der Waals surface area contributed by atoms with E-state index in [-0.39, 0.29) is 18.4 Å². The third-order valence-corrected chi connectivity index (χ3v) is 3.72. The highest BCUT2D eigenvalue weighted by Crippen LogP contribution is 2.28. The van der Waals surface area contributed by atoms with Crippen molar-refractivity contribution >= 4 is 34.8 Å². The Morgan fingerprint density at radius 3 is 2.52 bits per heavy atom. The van der Waals surface area contributed by atoms with E-state index in [0.717, 1.165) is 5.56 Å². The van der Waals surface area contributed by atoms with E-state index in [2.05, 4.69) is 10.6 Å². The fraction of sp³-hybridized carbons (Fsp3) is 0.222. The number of hydrogen-bond acceptors (Lipinski definition) is 4. The number of carbonyl (C=O) groups excluding carboxylic acids is 2. The summed E-state index contributed by atoms with van der Waals surface area (Å²) in [5.74, 6) is 0.501. The molecule has 25 heavy (non-hydrogen) atoms. The molecule has 0 saturated carbocycles. The van der Waals surface area contributed by atoms with Crippen molar-refractivity contribution in [3.8, 4) is 11.5 Å². The van der Waals surface area contributed by atoms with E-state index >= 15 is 0 Å². The summed E-state index contributed by atoms with van der Waals surface area (Å²) >= 11 is 5.95. The largest absolute Gasteiger partial charge is 0.495 e. The molecular weight excluding hydrogens is 344 g/mol. The maximum atomic E-state index is 12.0. The minimum Gasteiger partial charge on any atom is -0.495 e. The number of nitrogens with one attached hydrogen (secondary N) is 2. The number of anilines is 2. The lowest BCUT2D eigenvalue weighted by Crippen LogP contribution is -2.20. The summed E-state index contributed by atoms with van der Waals surface area (Å²) in [5.41, 5.74) is 1.86. The van der Waals surface area contributed by atoms with Gasteiger partial charge in [0, 0.05) is 17.6 Å². The van der Waals surface area contributed by atoms with Crippen LogP contribution in [0.4, 0.5) is 11.4 Å². The molecule has 0 aliphatic carbocycles. The van der Waals surface area contributed by atoms with Crippen molar-refractivity contribution in [2.24, 2.45) is 0 Å². The molecule has 7 heteroatoms. The Bertz CT molecular complexity index is 793. The van der Waals surface area contributed by atoms with Crippen molar-refractivity contribution in [3.05, 3.63) is 47.0 Å². The molecule has 6 nitrogen and oxygen atoms in total. The van der Waals surface area contributed by atoms with Crippen molar-refractivity contribution in [3.63, 3.8) is 0 Å². The summed E-state index contributed by atoms with van der Waals surface area (Å²) < 4.78 is 10.6. The van der Waals surface area contributed by atoms with Crippen LogP contribution in [0.2, 0.25) is 5.02 Å². The molecule has 2 aromatic carbocycles. The predicted octanol–water partition coefficient (Wildman–Crippen LogP) is 3.63. The first-order valence-electron chi connectivity index (χ1n) is 7.53. The molecule has 0 atom stereocenters. The molecule has 0 spiro atoms. The van der Waals surface area contributed by atoms with Crippen LogP contribution in [0.1, 0.15) is 12.5 Å². The number of benzene rings is 2. The Kier molecular flexibility index (Phi) is 6.25. The van der Waals surface area contributed by atoms with Gasteiger partial charge in [-0.2, -0.15) is 0 Å². The molecule has 0 saturated heterocycles. The molecule has 0 fully saturated rings. The van der Waals surface area contributed by atoms with E-state index in [4.69, 9.17) is 21.1 Å². The molecule has 0 aromatic heterocycles. The second kappa shape index (κ2) is 8.39. The number of carbonyl (C=O) groups is 2. The van der Waals surface area contributed by atoms with Gasteiger partial charge in [-0.15, -0.1) is 0 Å². The van der Waals surface area contributed by atoms with E-state index in [0.29, 0.717) is 27.9 Å². The van der Waals surface area contributed by atoms with Gasteiger partial charge in [0.05, 0.1) is 12.8 Å². The molecule has 0 radical (unpaired) electrons. The molecule has 0 unspecified atom stereocenters. The Labute approximate surface area is 151 Å². The van der Waals surface area contributed by atoms with Gasteiger partial charge >= 0.3 is 0 Å². The molecule has 2 N–H and O–H groups in total. The van der Waals surface area contributed by atoms with E-state index in [1.165, 1.54) is 14.0 Å². The highest BCUT2D eigenvalue weighted by molar-refractivity contribution is 6.31. The van der Waals surface area contributed by atoms with E-state index in [9.17, 15) is 9.59 Å². The quantitative estimate of drug-likeness (QED) is 0.822. The van der Waals surface area contributed by atoms with Crippen LogP contribution in [0.5, 0.6) is 11.5 Å². The fourth-order valence-electron chi connectivity index (χ4n) is 2.13. The van der Waals surface area contributed by atoms with E-state index in [1.54, 1.807) is 36.4 Å². The summed E-state index contributed by atoms with van der Waals surface area (Å²) in [6.07, 6.45) is 0. The predicted molar refractivity (Wildman–Crippen MR) is 97.6 cm³/mol. The molecular formula is C18H19ClN2O4. The maximum absolute atomic E-state index is 12.0. The number of amides is 2. The molecule has 0 bridgehead atoms. The van der Waals surface area contributed by atoms with E-state index in [1.807, 2.05) is 6.92 Å². The highest BCUT2D eigenvalue weighted by Gasteiger charge is 2.09. The van der Waals surface area contributed by atoms with Gasteiger partial charge in [-0.3, -0.25) is 9.59 Å². The zero-order chi connectivity index (χ0) is 18.4. The van der Waals surface area contributed by atoms with Gasteiger partial charge in [0.2, 0.25) is 5.91 Å². The van der Waals surface area contributed by atoms with Gasteiger partial charge in [0.1, 0.15) is 11.5 Å². The number of methoxy groups -OCH3 is 1. The highest BCUT2D eigenvalue weighted by atomic mass is 35.5. The minimum atomic E-state index is -0.327. The van der Waals surface area contributed by atoms with Crippen LogP contribution in [0.3, 0.4) is 0 Å². The van der Waals surface area contributed by atoms with E-state index < -0.39 is 0 Å². The summed E-state index contributed by atoms with van der Waals surface area (Å²) in [7, 11) is 1.50. The van der Waals surface area contributed by atoms with Crippen LogP contribution in [-0.2, 0) is 9.59 Å². The first-order valence-corrected chi connectivity index (χ1v) is 7.91. The Balaban J connectivity index is 1.99. The molecule has 0 aliphatic heterocycles. The van der Waals surface area contributed by atoms with Crippen molar-refractivity contribution in [1.29, 1.82) is 0 Å².